The summed E-state index contributed by atoms with van der Waals surface area (Å²) >= 11 is 0. The second-order valence-corrected chi connectivity index (χ2v) is 6.29. The lowest BCUT2D eigenvalue weighted by Crippen LogP contribution is -2.15. The number of esters is 1. The summed E-state index contributed by atoms with van der Waals surface area (Å²) in [6.45, 7) is 5.29. The molecule has 0 N–H and O–H groups in total. The molecule has 3 rings (SSSR count). The van der Waals surface area contributed by atoms with Gasteiger partial charge in [0.1, 0.15) is 0 Å². The molecule has 1 unspecified atom stereocenters. The molecule has 1 atom stereocenters. The monoisotopic (exact) mass is 315 g/mol. The van der Waals surface area contributed by atoms with Crippen LogP contribution in [0.25, 0.3) is 0 Å². The van der Waals surface area contributed by atoms with Crippen LogP contribution in [0.1, 0.15) is 54.5 Å². The van der Waals surface area contributed by atoms with Gasteiger partial charge in [-0.2, -0.15) is 0 Å². The van der Waals surface area contributed by atoms with Gasteiger partial charge < -0.3 is 13.7 Å². The summed E-state index contributed by atoms with van der Waals surface area (Å²) < 4.78 is 12.5. The normalized spacial score (nSPS) is 16.6. The molecule has 0 aliphatic carbocycles. The fourth-order valence-corrected chi connectivity index (χ4v) is 2.91. The van der Waals surface area contributed by atoms with Crippen LogP contribution in [-0.4, -0.2) is 22.9 Å². The highest BCUT2D eigenvalue weighted by atomic mass is 16.5. The number of rotatable bonds is 6. The predicted octanol–water partition coefficient (Wildman–Crippen LogP) is 3.39. The molecule has 2 aromatic heterocycles. The lowest BCUT2D eigenvalue weighted by molar-refractivity contribution is -0.145. The fourth-order valence-electron chi connectivity index (χ4n) is 2.91. The maximum absolute atomic E-state index is 12.4. The summed E-state index contributed by atoms with van der Waals surface area (Å²) in [5.41, 5.74) is 1.42. The average Bonchev–Trinajstić information content (AvgIpc) is 3.23. The molecular formula is C18H21NO4. The number of ketones is 1. The van der Waals surface area contributed by atoms with Crippen molar-refractivity contribution in [3.8, 4) is 0 Å². The van der Waals surface area contributed by atoms with Crippen molar-refractivity contribution in [3.63, 3.8) is 0 Å². The van der Waals surface area contributed by atoms with Gasteiger partial charge in [0.25, 0.3) is 0 Å². The van der Waals surface area contributed by atoms with E-state index in [-0.39, 0.29) is 17.7 Å². The summed E-state index contributed by atoms with van der Waals surface area (Å²) in [5.74, 6) is 0.191. The van der Waals surface area contributed by atoms with Crippen molar-refractivity contribution in [3.05, 3.63) is 47.7 Å². The molecule has 0 spiro atoms. The van der Waals surface area contributed by atoms with Crippen LogP contribution >= 0.6 is 0 Å². The highest BCUT2D eigenvalue weighted by Gasteiger charge is 2.33. The smallest absolute Gasteiger partial charge is 0.315 e. The zero-order valence-electron chi connectivity index (χ0n) is 13.5. The minimum absolute atomic E-state index is 0.157. The second kappa shape index (κ2) is 6.44. The Morgan fingerprint density at radius 1 is 1.35 bits per heavy atom. The molecule has 0 saturated carbocycles. The van der Waals surface area contributed by atoms with Crippen molar-refractivity contribution in [2.45, 2.75) is 39.2 Å². The third kappa shape index (κ3) is 3.09. The van der Waals surface area contributed by atoms with Crippen molar-refractivity contribution in [1.29, 1.82) is 0 Å². The first-order valence-corrected chi connectivity index (χ1v) is 8.02. The fraction of sp³-hybridized carbons (Fsp3) is 0.444. The minimum atomic E-state index is -0.277. The Morgan fingerprint density at radius 3 is 2.87 bits per heavy atom. The van der Waals surface area contributed by atoms with Gasteiger partial charge >= 0.3 is 5.97 Å². The van der Waals surface area contributed by atoms with E-state index in [1.165, 1.54) is 6.26 Å². The molecule has 5 nitrogen and oxygen atoms in total. The van der Waals surface area contributed by atoms with Gasteiger partial charge in [-0.05, 0) is 43.0 Å². The molecule has 2 aromatic rings. The Morgan fingerprint density at radius 2 is 2.17 bits per heavy atom. The van der Waals surface area contributed by atoms with Crippen molar-refractivity contribution >= 4 is 11.8 Å². The molecule has 1 aliphatic rings. The van der Waals surface area contributed by atoms with E-state index in [2.05, 4.69) is 13.8 Å². The van der Waals surface area contributed by atoms with Gasteiger partial charge in [-0.3, -0.25) is 9.59 Å². The van der Waals surface area contributed by atoms with Gasteiger partial charge in [0.05, 0.1) is 24.5 Å². The van der Waals surface area contributed by atoms with Gasteiger partial charge in [-0.25, -0.2) is 0 Å². The maximum atomic E-state index is 12.4. The summed E-state index contributed by atoms with van der Waals surface area (Å²) in [4.78, 5) is 24.7. The van der Waals surface area contributed by atoms with Crippen LogP contribution in [0.3, 0.4) is 0 Å². The van der Waals surface area contributed by atoms with E-state index in [1.54, 1.807) is 18.2 Å². The van der Waals surface area contributed by atoms with Crippen LogP contribution in [0, 0.1) is 5.92 Å². The number of fused-ring (bicyclic) bond motifs is 1. The molecule has 0 bridgehead atoms. The number of hydrogen-bond acceptors (Lipinski definition) is 4. The minimum Gasteiger partial charge on any atom is -0.465 e. The van der Waals surface area contributed by atoms with Crippen molar-refractivity contribution in [1.82, 2.24) is 4.57 Å². The van der Waals surface area contributed by atoms with Gasteiger partial charge in [0.2, 0.25) is 5.78 Å². The summed E-state index contributed by atoms with van der Waals surface area (Å²) in [7, 11) is 0. The Hall–Kier alpha value is -2.30. The second-order valence-electron chi connectivity index (χ2n) is 6.29. The molecule has 3 heterocycles. The lowest BCUT2D eigenvalue weighted by atomic mass is 10.1. The molecule has 0 radical (unpaired) electrons. The Balaban J connectivity index is 1.72. The van der Waals surface area contributed by atoms with Gasteiger partial charge in [-0.15, -0.1) is 0 Å². The molecule has 0 amide bonds. The maximum Gasteiger partial charge on any atom is 0.315 e. The number of carbonyl (C=O) groups is 2. The van der Waals surface area contributed by atoms with Crippen molar-refractivity contribution in [2.75, 3.05) is 6.61 Å². The Kier molecular flexibility index (Phi) is 4.37. The number of carbonyl (C=O) groups excluding carboxylic acids is 2. The van der Waals surface area contributed by atoms with E-state index in [1.807, 2.05) is 10.6 Å². The van der Waals surface area contributed by atoms with Crippen LogP contribution in [0.2, 0.25) is 0 Å². The van der Waals surface area contributed by atoms with Gasteiger partial charge in [0.15, 0.2) is 5.76 Å². The summed E-state index contributed by atoms with van der Waals surface area (Å²) in [5, 5.41) is 0. The van der Waals surface area contributed by atoms with Crippen LogP contribution in [0.4, 0.5) is 0 Å². The molecule has 0 aromatic carbocycles. The first-order valence-electron chi connectivity index (χ1n) is 8.02. The number of aromatic nitrogens is 1. The van der Waals surface area contributed by atoms with E-state index in [9.17, 15) is 9.59 Å². The van der Waals surface area contributed by atoms with E-state index < -0.39 is 0 Å². The van der Waals surface area contributed by atoms with E-state index >= 15 is 0 Å². The van der Waals surface area contributed by atoms with Crippen LogP contribution < -0.4 is 0 Å². The van der Waals surface area contributed by atoms with Crippen LogP contribution in [0.5, 0.6) is 0 Å². The van der Waals surface area contributed by atoms with E-state index in [0.717, 1.165) is 12.1 Å². The Labute approximate surface area is 135 Å². The first kappa shape index (κ1) is 15.6. The predicted molar refractivity (Wildman–Crippen MR) is 84.3 cm³/mol. The summed E-state index contributed by atoms with van der Waals surface area (Å²) in [6.07, 6.45) is 3.02. The molecule has 0 fully saturated rings. The quantitative estimate of drug-likeness (QED) is 0.605. The lowest BCUT2D eigenvalue weighted by Gasteiger charge is -2.11. The van der Waals surface area contributed by atoms with Crippen LogP contribution in [-0.2, 0) is 16.1 Å². The largest absolute Gasteiger partial charge is 0.465 e. The first-order chi connectivity index (χ1) is 11.1. The third-order valence-electron chi connectivity index (χ3n) is 4.21. The zero-order chi connectivity index (χ0) is 16.4. The molecular weight excluding hydrogens is 294 g/mol. The number of nitrogens with zero attached hydrogens (tertiary/aromatic N) is 1. The number of hydrogen-bond donors (Lipinski definition) is 0. The molecule has 122 valence electrons. The van der Waals surface area contributed by atoms with Crippen LogP contribution in [0.15, 0.2) is 34.9 Å². The zero-order valence-corrected chi connectivity index (χ0v) is 13.5. The van der Waals surface area contributed by atoms with Crippen molar-refractivity contribution < 1.29 is 18.7 Å². The highest BCUT2D eigenvalue weighted by molar-refractivity contribution is 6.06. The third-order valence-corrected chi connectivity index (χ3v) is 4.21. The van der Waals surface area contributed by atoms with Crippen molar-refractivity contribution in [2.24, 2.45) is 5.92 Å². The van der Waals surface area contributed by atoms with E-state index in [0.29, 0.717) is 36.9 Å². The molecule has 5 heteroatoms. The van der Waals surface area contributed by atoms with Gasteiger partial charge in [0, 0.05) is 12.2 Å². The number of ether oxygens (including phenoxy) is 1. The topological polar surface area (TPSA) is 61.4 Å². The Bertz CT molecular complexity index is 697. The molecule has 23 heavy (non-hydrogen) atoms. The highest BCUT2D eigenvalue weighted by Crippen LogP contribution is 2.32. The SMILES string of the molecule is CC(C)CCOC(=O)C1CCn2c(C(=O)c3ccco3)ccc21. The summed E-state index contributed by atoms with van der Waals surface area (Å²) in [6, 6.07) is 6.94. The average molecular weight is 315 g/mol. The van der Waals surface area contributed by atoms with E-state index in [4.69, 9.17) is 9.15 Å². The molecule has 0 saturated heterocycles. The van der Waals surface area contributed by atoms with Gasteiger partial charge in [-0.1, -0.05) is 13.8 Å². The molecule has 1 aliphatic heterocycles. The standard InChI is InChI=1S/C18H21NO4/c1-12(2)8-11-23-18(21)13-7-9-19-14(13)5-6-15(19)17(20)16-4-3-10-22-16/h3-6,10,12-13H,7-9,11H2,1-2H3. The number of furan rings is 1.